The first kappa shape index (κ1) is 14.4. The Kier molecular flexibility index (Phi) is 4.67. The number of aryl methyl sites for hydroxylation is 1. The van der Waals surface area contributed by atoms with E-state index in [1.165, 1.54) is 4.90 Å². The third kappa shape index (κ3) is 3.53. The lowest BCUT2D eigenvalue weighted by molar-refractivity contribution is -0.154. The molecule has 1 N–H and O–H groups in total. The lowest BCUT2D eigenvalue weighted by atomic mass is 10.0. The summed E-state index contributed by atoms with van der Waals surface area (Å²) in [5.41, 5.74) is 0. The second kappa shape index (κ2) is 6.47. The summed E-state index contributed by atoms with van der Waals surface area (Å²) in [5.74, 6) is -0.500. The molecule has 2 rings (SSSR count). The molecule has 1 amide bonds. The highest BCUT2D eigenvalue weighted by Crippen LogP contribution is 2.17. The summed E-state index contributed by atoms with van der Waals surface area (Å²) in [7, 11) is 0. The second-order valence-electron chi connectivity index (χ2n) is 4.67. The number of hydrogen-bond acceptors (Lipinski definition) is 6. The topological polar surface area (TPSA) is 106 Å². The molecule has 1 aromatic rings. The average Bonchev–Trinajstić information content (AvgIpc) is 2.84. The van der Waals surface area contributed by atoms with Gasteiger partial charge in [0, 0.05) is 6.54 Å². The lowest BCUT2D eigenvalue weighted by Crippen LogP contribution is -2.49. The number of carboxylic acid groups (broad SMARTS) is 1. The van der Waals surface area contributed by atoms with Gasteiger partial charge < -0.3 is 19.3 Å². The van der Waals surface area contributed by atoms with Crippen LogP contribution in [0.2, 0.25) is 0 Å². The summed E-state index contributed by atoms with van der Waals surface area (Å²) in [6, 6.07) is -0.745. The van der Waals surface area contributed by atoms with E-state index in [1.807, 2.05) is 0 Å². The van der Waals surface area contributed by atoms with Gasteiger partial charge in [0.25, 0.3) is 5.89 Å². The van der Waals surface area contributed by atoms with Crippen molar-refractivity contribution in [2.75, 3.05) is 13.2 Å². The van der Waals surface area contributed by atoms with Gasteiger partial charge in [0.05, 0.1) is 0 Å². The van der Waals surface area contributed by atoms with Gasteiger partial charge in [-0.3, -0.25) is 4.79 Å². The molecule has 110 valence electrons. The maximum atomic E-state index is 12.0. The maximum absolute atomic E-state index is 12.0. The zero-order valence-corrected chi connectivity index (χ0v) is 11.2. The summed E-state index contributed by atoms with van der Waals surface area (Å²) in [6.45, 7) is 1.99. The molecule has 0 aliphatic carbocycles. The first-order chi connectivity index (χ1) is 9.58. The molecule has 8 nitrogen and oxygen atoms in total. The number of amides is 1. The highest BCUT2D eigenvalue weighted by Gasteiger charge is 2.31. The van der Waals surface area contributed by atoms with Gasteiger partial charge in [0.2, 0.25) is 5.91 Å². The average molecular weight is 283 g/mol. The Hall–Kier alpha value is -1.96. The predicted molar refractivity (Wildman–Crippen MR) is 65.7 cm³/mol. The fourth-order valence-electron chi connectivity index (χ4n) is 2.19. The maximum Gasteiger partial charge on any atom is 0.326 e. The molecule has 1 aliphatic heterocycles. The van der Waals surface area contributed by atoms with Gasteiger partial charge in [-0.05, 0) is 26.2 Å². The van der Waals surface area contributed by atoms with Crippen molar-refractivity contribution in [2.45, 2.75) is 38.8 Å². The Bertz CT molecular complexity index is 487. The number of likely N-dealkylation sites (tertiary alicyclic amines) is 1. The molecular formula is C12H17N3O5. The van der Waals surface area contributed by atoms with Crippen LogP contribution in [0.1, 0.15) is 31.0 Å². The standard InChI is InChI=1S/C12H17N3O5/c1-8-13-10(20-14-8)6-19-7-11(16)15-5-3-2-4-9(15)12(17)18/h9H,2-7H2,1H3,(H,17,18)/t9-/m1/s1. The van der Waals surface area contributed by atoms with Crippen molar-refractivity contribution < 1.29 is 24.0 Å². The molecule has 1 fully saturated rings. The van der Waals surface area contributed by atoms with Crippen LogP contribution in [0, 0.1) is 6.92 Å². The van der Waals surface area contributed by atoms with E-state index in [0.29, 0.717) is 24.7 Å². The van der Waals surface area contributed by atoms with Gasteiger partial charge >= 0.3 is 5.97 Å². The lowest BCUT2D eigenvalue weighted by Gasteiger charge is -2.32. The fraction of sp³-hybridized carbons (Fsp3) is 0.667. The number of rotatable bonds is 5. The molecule has 1 aromatic heterocycles. The van der Waals surface area contributed by atoms with Crippen LogP contribution in [0.4, 0.5) is 0 Å². The molecular weight excluding hydrogens is 266 g/mol. The summed E-state index contributed by atoms with van der Waals surface area (Å²) < 4.78 is 10.0. The number of aliphatic carboxylic acids is 1. The number of piperidine rings is 1. The molecule has 0 radical (unpaired) electrons. The monoisotopic (exact) mass is 283 g/mol. The van der Waals surface area contributed by atoms with Crippen LogP contribution in [0.3, 0.4) is 0 Å². The largest absolute Gasteiger partial charge is 0.480 e. The van der Waals surface area contributed by atoms with Crippen LogP contribution >= 0.6 is 0 Å². The van der Waals surface area contributed by atoms with E-state index >= 15 is 0 Å². The number of hydrogen-bond donors (Lipinski definition) is 1. The Labute approximate surface area is 115 Å². The van der Waals surface area contributed by atoms with Crippen LogP contribution in [-0.2, 0) is 20.9 Å². The third-order valence-electron chi connectivity index (χ3n) is 3.13. The van der Waals surface area contributed by atoms with Crippen molar-refractivity contribution in [1.29, 1.82) is 0 Å². The van der Waals surface area contributed by atoms with Crippen LogP contribution < -0.4 is 0 Å². The fourth-order valence-corrected chi connectivity index (χ4v) is 2.19. The van der Waals surface area contributed by atoms with Crippen LogP contribution in [0.25, 0.3) is 0 Å². The van der Waals surface area contributed by atoms with Gasteiger partial charge in [0.1, 0.15) is 19.3 Å². The number of aromatic nitrogens is 2. The van der Waals surface area contributed by atoms with Crippen molar-refractivity contribution in [3.05, 3.63) is 11.7 Å². The molecule has 0 unspecified atom stereocenters. The number of carboxylic acids is 1. The Morgan fingerprint density at radius 2 is 2.30 bits per heavy atom. The minimum atomic E-state index is -0.967. The molecule has 0 saturated carbocycles. The second-order valence-corrected chi connectivity index (χ2v) is 4.67. The first-order valence-electron chi connectivity index (χ1n) is 6.47. The molecule has 20 heavy (non-hydrogen) atoms. The van der Waals surface area contributed by atoms with Gasteiger partial charge in [-0.25, -0.2) is 4.79 Å². The molecule has 2 heterocycles. The Morgan fingerprint density at radius 1 is 1.50 bits per heavy atom. The summed E-state index contributed by atoms with van der Waals surface area (Å²) in [6.07, 6.45) is 2.13. The molecule has 0 spiro atoms. The van der Waals surface area contributed by atoms with Crippen LogP contribution in [-0.4, -0.2) is 51.2 Å². The molecule has 1 atom stereocenters. The number of carbonyl (C=O) groups excluding carboxylic acids is 1. The van der Waals surface area contributed by atoms with Gasteiger partial charge in [-0.1, -0.05) is 5.16 Å². The van der Waals surface area contributed by atoms with E-state index in [9.17, 15) is 9.59 Å². The number of carbonyl (C=O) groups is 2. The van der Waals surface area contributed by atoms with E-state index in [1.54, 1.807) is 6.92 Å². The van der Waals surface area contributed by atoms with E-state index in [-0.39, 0.29) is 19.1 Å². The van der Waals surface area contributed by atoms with E-state index in [0.717, 1.165) is 12.8 Å². The van der Waals surface area contributed by atoms with E-state index < -0.39 is 12.0 Å². The van der Waals surface area contributed by atoms with Gasteiger partial charge in [-0.15, -0.1) is 0 Å². The Balaban J connectivity index is 1.82. The Morgan fingerprint density at radius 3 is 2.95 bits per heavy atom. The van der Waals surface area contributed by atoms with E-state index in [2.05, 4.69) is 10.1 Å². The molecule has 0 aromatic carbocycles. The zero-order chi connectivity index (χ0) is 14.5. The van der Waals surface area contributed by atoms with Crippen molar-refractivity contribution >= 4 is 11.9 Å². The molecule has 1 saturated heterocycles. The predicted octanol–water partition coefficient (Wildman–Crippen LogP) is 0.360. The highest BCUT2D eigenvalue weighted by molar-refractivity contribution is 5.84. The summed E-state index contributed by atoms with van der Waals surface area (Å²) >= 11 is 0. The van der Waals surface area contributed by atoms with Crippen molar-refractivity contribution in [1.82, 2.24) is 15.0 Å². The quantitative estimate of drug-likeness (QED) is 0.831. The summed E-state index contributed by atoms with van der Waals surface area (Å²) in [5, 5.41) is 12.7. The highest BCUT2D eigenvalue weighted by atomic mass is 16.5. The molecule has 0 bridgehead atoms. The SMILES string of the molecule is Cc1noc(COCC(=O)N2CCCC[C@@H]2C(=O)O)n1. The summed E-state index contributed by atoms with van der Waals surface area (Å²) in [4.78, 5) is 28.4. The number of ether oxygens (including phenoxy) is 1. The molecule has 1 aliphatic rings. The van der Waals surface area contributed by atoms with Crippen LogP contribution in [0.15, 0.2) is 4.52 Å². The zero-order valence-electron chi connectivity index (χ0n) is 11.2. The van der Waals surface area contributed by atoms with Crippen molar-refractivity contribution in [3.8, 4) is 0 Å². The minimum absolute atomic E-state index is 0.0398. The minimum Gasteiger partial charge on any atom is -0.480 e. The van der Waals surface area contributed by atoms with Crippen molar-refractivity contribution in [2.24, 2.45) is 0 Å². The molecule has 8 heteroatoms. The number of nitrogens with zero attached hydrogens (tertiary/aromatic N) is 3. The smallest absolute Gasteiger partial charge is 0.326 e. The van der Waals surface area contributed by atoms with Crippen molar-refractivity contribution in [3.63, 3.8) is 0 Å². The van der Waals surface area contributed by atoms with E-state index in [4.69, 9.17) is 14.4 Å². The van der Waals surface area contributed by atoms with Gasteiger partial charge in [-0.2, -0.15) is 4.98 Å². The van der Waals surface area contributed by atoms with Crippen LogP contribution in [0.5, 0.6) is 0 Å². The normalized spacial score (nSPS) is 19.1. The first-order valence-corrected chi connectivity index (χ1v) is 6.47. The van der Waals surface area contributed by atoms with Gasteiger partial charge in [0.15, 0.2) is 5.82 Å². The third-order valence-corrected chi connectivity index (χ3v) is 3.13.